The monoisotopic (exact) mass is 712 g/mol. The third-order valence-electron chi connectivity index (χ3n) is 11.7. The van der Waals surface area contributed by atoms with Crippen molar-refractivity contribution in [2.75, 3.05) is 0 Å². The lowest BCUT2D eigenvalue weighted by molar-refractivity contribution is 0.661. The summed E-state index contributed by atoms with van der Waals surface area (Å²) >= 11 is 1.94. The van der Waals surface area contributed by atoms with Crippen LogP contribution in [-0.4, -0.2) is 19.5 Å². The molecule has 0 amide bonds. The van der Waals surface area contributed by atoms with Crippen molar-refractivity contribution in [1.29, 1.82) is 0 Å². The van der Waals surface area contributed by atoms with Gasteiger partial charge in [-0.1, -0.05) is 136 Å². The average Bonchev–Trinajstić information content (AvgIpc) is 3.83. The van der Waals surface area contributed by atoms with Gasteiger partial charge < -0.3 is 0 Å². The van der Waals surface area contributed by atoms with Gasteiger partial charge in [-0.25, -0.2) is 4.98 Å². The molecular formula is C49H36N4S. The van der Waals surface area contributed by atoms with Crippen molar-refractivity contribution in [1.82, 2.24) is 19.5 Å². The van der Waals surface area contributed by atoms with Crippen LogP contribution < -0.4 is 0 Å². The highest BCUT2D eigenvalue weighted by atomic mass is 32.1. The molecule has 0 fully saturated rings. The molecule has 0 N–H and O–H groups in total. The van der Waals surface area contributed by atoms with Gasteiger partial charge >= 0.3 is 0 Å². The molecule has 0 aliphatic heterocycles. The van der Waals surface area contributed by atoms with Crippen molar-refractivity contribution in [2.24, 2.45) is 0 Å². The summed E-state index contributed by atoms with van der Waals surface area (Å²) < 4.78 is 3.63. The van der Waals surface area contributed by atoms with E-state index < -0.39 is 0 Å². The number of fused-ring (bicyclic) bond motifs is 9. The van der Waals surface area contributed by atoms with E-state index in [4.69, 9.17) is 15.0 Å². The molecule has 4 nitrogen and oxygen atoms in total. The fraction of sp³-hybridized carbons (Fsp3) is 0.122. The number of thiophene rings is 1. The van der Waals surface area contributed by atoms with E-state index in [9.17, 15) is 0 Å². The van der Waals surface area contributed by atoms with E-state index in [-0.39, 0.29) is 5.41 Å². The zero-order chi connectivity index (χ0) is 36.1. The second-order valence-corrected chi connectivity index (χ2v) is 16.3. The second-order valence-electron chi connectivity index (χ2n) is 15.3. The first-order chi connectivity index (χ1) is 26.4. The van der Waals surface area contributed by atoms with Crippen LogP contribution >= 0.6 is 11.3 Å². The van der Waals surface area contributed by atoms with E-state index >= 15 is 0 Å². The molecule has 11 rings (SSSR count). The first-order valence-corrected chi connectivity index (χ1v) is 19.6. The third kappa shape index (κ3) is 4.58. The number of hydrogen-bond acceptors (Lipinski definition) is 4. The van der Waals surface area contributed by atoms with Crippen LogP contribution in [0.25, 0.3) is 88.9 Å². The number of nitrogens with zero attached hydrogens (tertiary/aromatic N) is 4. The molecule has 9 aromatic rings. The normalized spacial score (nSPS) is 15.5. The molecule has 2 aliphatic carbocycles. The van der Waals surface area contributed by atoms with Crippen molar-refractivity contribution in [2.45, 2.75) is 38.5 Å². The number of benzene rings is 6. The Kier molecular flexibility index (Phi) is 6.77. The molecule has 6 aromatic carbocycles. The second kappa shape index (κ2) is 11.7. The molecule has 0 spiro atoms. The van der Waals surface area contributed by atoms with Gasteiger partial charge in [-0.2, -0.15) is 9.97 Å². The highest BCUT2D eigenvalue weighted by molar-refractivity contribution is 7.20. The summed E-state index contributed by atoms with van der Waals surface area (Å²) in [6, 6.07) is 47.9. The van der Waals surface area contributed by atoms with Gasteiger partial charge in [0.15, 0.2) is 11.6 Å². The minimum atomic E-state index is -0.188. The maximum atomic E-state index is 5.17. The van der Waals surface area contributed by atoms with Gasteiger partial charge in [-0.15, -0.1) is 11.3 Å². The van der Waals surface area contributed by atoms with Crippen LogP contribution in [0.5, 0.6) is 0 Å². The predicted molar refractivity (Wildman–Crippen MR) is 225 cm³/mol. The van der Waals surface area contributed by atoms with E-state index in [1.54, 1.807) is 0 Å². The Morgan fingerprint density at radius 2 is 1.28 bits per heavy atom. The van der Waals surface area contributed by atoms with Gasteiger partial charge in [-0.05, 0) is 87.0 Å². The number of hydrogen-bond donors (Lipinski definition) is 0. The molecule has 0 bridgehead atoms. The Labute approximate surface area is 318 Å². The van der Waals surface area contributed by atoms with Crippen LogP contribution in [-0.2, 0) is 5.41 Å². The van der Waals surface area contributed by atoms with Crippen LogP contribution in [0.3, 0.4) is 0 Å². The van der Waals surface area contributed by atoms with Gasteiger partial charge in [-0.3, -0.25) is 4.57 Å². The summed E-state index contributed by atoms with van der Waals surface area (Å²) in [7, 11) is 0. The number of aromatic nitrogens is 4. The highest BCUT2D eigenvalue weighted by Crippen LogP contribution is 2.53. The van der Waals surface area contributed by atoms with E-state index in [2.05, 4.69) is 135 Å². The molecule has 0 saturated heterocycles. The molecule has 54 heavy (non-hydrogen) atoms. The quantitative estimate of drug-likeness (QED) is 0.182. The van der Waals surface area contributed by atoms with Crippen molar-refractivity contribution in [3.63, 3.8) is 0 Å². The molecule has 1 atom stereocenters. The molecule has 3 heterocycles. The average molecular weight is 713 g/mol. The first kappa shape index (κ1) is 31.4. The van der Waals surface area contributed by atoms with Crippen molar-refractivity contribution >= 4 is 49.3 Å². The Morgan fingerprint density at radius 1 is 0.593 bits per heavy atom. The topological polar surface area (TPSA) is 43.6 Å². The Bertz CT molecular complexity index is 2950. The molecule has 2 aliphatic rings. The highest BCUT2D eigenvalue weighted by Gasteiger charge is 2.37. The van der Waals surface area contributed by atoms with E-state index in [0.717, 1.165) is 28.6 Å². The van der Waals surface area contributed by atoms with Gasteiger partial charge in [0, 0.05) is 36.9 Å². The standard InChI is InChI=1S/C49H36N4S/c1-29-14-12-23-43-44(29)36-21-13-20-33(45(36)54-43)32-24-25-34-37-28-42-38(27-40(37)49(2,3)39(34)26-32)35-19-10-11-22-41(35)53(42)48-51-46(30-15-6-4-7-16-30)50-47(52-48)31-17-8-5-9-18-31/h4-13,15-29H,14H2,1-3H3. The summed E-state index contributed by atoms with van der Waals surface area (Å²) in [5.74, 6) is 2.45. The first-order valence-electron chi connectivity index (χ1n) is 18.8. The van der Waals surface area contributed by atoms with Crippen LogP contribution in [0.2, 0.25) is 0 Å². The Hall–Kier alpha value is -6.17. The number of para-hydroxylation sites is 1. The molecule has 0 saturated carbocycles. The van der Waals surface area contributed by atoms with Gasteiger partial charge in [0.1, 0.15) is 0 Å². The van der Waals surface area contributed by atoms with Gasteiger partial charge in [0.25, 0.3) is 0 Å². The van der Waals surface area contributed by atoms with Crippen molar-refractivity contribution in [3.05, 3.63) is 161 Å². The summed E-state index contributed by atoms with van der Waals surface area (Å²) in [5, 5.41) is 3.79. The van der Waals surface area contributed by atoms with Crippen molar-refractivity contribution < 1.29 is 0 Å². The lowest BCUT2D eigenvalue weighted by Gasteiger charge is -2.22. The van der Waals surface area contributed by atoms with E-state index in [0.29, 0.717) is 23.5 Å². The van der Waals surface area contributed by atoms with Gasteiger partial charge in [0.2, 0.25) is 5.95 Å². The summed E-state index contributed by atoms with van der Waals surface area (Å²) in [5.41, 5.74) is 13.3. The summed E-state index contributed by atoms with van der Waals surface area (Å²) in [6.07, 6.45) is 5.77. The zero-order valence-corrected chi connectivity index (χ0v) is 31.2. The smallest absolute Gasteiger partial charge is 0.238 e. The Morgan fingerprint density at radius 3 is 2.04 bits per heavy atom. The van der Waals surface area contributed by atoms with E-state index in [1.807, 2.05) is 47.7 Å². The van der Waals surface area contributed by atoms with Crippen molar-refractivity contribution in [3.8, 4) is 51.0 Å². The molecular weight excluding hydrogens is 677 g/mol. The van der Waals surface area contributed by atoms with Crippen LogP contribution in [0.15, 0.2) is 140 Å². The minimum absolute atomic E-state index is 0.188. The third-order valence-corrected chi connectivity index (χ3v) is 12.9. The largest absolute Gasteiger partial charge is 0.278 e. The molecule has 1 unspecified atom stereocenters. The summed E-state index contributed by atoms with van der Waals surface area (Å²) in [4.78, 5) is 16.7. The fourth-order valence-corrected chi connectivity index (χ4v) is 10.4. The van der Waals surface area contributed by atoms with E-state index in [1.165, 1.54) is 64.7 Å². The zero-order valence-electron chi connectivity index (χ0n) is 30.3. The maximum Gasteiger partial charge on any atom is 0.238 e. The number of rotatable bonds is 4. The summed E-state index contributed by atoms with van der Waals surface area (Å²) in [6.45, 7) is 7.12. The molecule has 258 valence electrons. The van der Waals surface area contributed by atoms with Gasteiger partial charge in [0.05, 0.1) is 11.0 Å². The minimum Gasteiger partial charge on any atom is -0.278 e. The molecule has 5 heteroatoms. The SMILES string of the molecule is CC1CC=Cc2sc3c(-c4ccc5c(c4)C(C)(C)c4cc6c7ccccc7n(-c7nc(-c8ccccc8)nc(-c8ccccc8)n7)c6cc4-5)cccc3c21. The van der Waals surface area contributed by atoms with Crippen LogP contribution in [0, 0.1) is 0 Å². The van der Waals surface area contributed by atoms with Crippen LogP contribution in [0.4, 0.5) is 0 Å². The number of allylic oxidation sites excluding steroid dienone is 1. The lowest BCUT2D eigenvalue weighted by Crippen LogP contribution is -2.15. The predicted octanol–water partition coefficient (Wildman–Crippen LogP) is 13.0. The molecule has 0 radical (unpaired) electrons. The fourth-order valence-electron chi connectivity index (χ4n) is 8.99. The molecule has 3 aromatic heterocycles. The maximum absolute atomic E-state index is 5.17. The lowest BCUT2D eigenvalue weighted by atomic mass is 9.81. The van der Waals surface area contributed by atoms with Crippen LogP contribution in [0.1, 0.15) is 54.7 Å². The Balaban J connectivity index is 1.12.